The molecule has 2 aliphatic heterocycles. The summed E-state index contributed by atoms with van der Waals surface area (Å²) >= 11 is 1.51. The van der Waals surface area contributed by atoms with E-state index < -0.39 is 0 Å². The Kier molecular flexibility index (Phi) is 4.40. The zero-order chi connectivity index (χ0) is 19.1. The molecule has 2 amide bonds. The number of rotatable bonds is 5. The second kappa shape index (κ2) is 7.06. The summed E-state index contributed by atoms with van der Waals surface area (Å²) in [4.78, 5) is 32.1. The van der Waals surface area contributed by atoms with Crippen LogP contribution in [0.5, 0.6) is 11.5 Å². The lowest BCUT2D eigenvalue weighted by Gasteiger charge is -2.25. The van der Waals surface area contributed by atoms with E-state index in [0.717, 1.165) is 36.4 Å². The van der Waals surface area contributed by atoms with Crippen LogP contribution in [0.25, 0.3) is 0 Å². The maximum atomic E-state index is 12.4. The fourth-order valence-corrected chi connectivity index (χ4v) is 4.42. The van der Waals surface area contributed by atoms with Gasteiger partial charge in [-0.2, -0.15) is 0 Å². The summed E-state index contributed by atoms with van der Waals surface area (Å²) in [6, 6.07) is 5.37. The van der Waals surface area contributed by atoms with Gasteiger partial charge in [0.1, 0.15) is 0 Å². The highest BCUT2D eigenvalue weighted by atomic mass is 32.1. The lowest BCUT2D eigenvalue weighted by atomic mass is 10.2. The summed E-state index contributed by atoms with van der Waals surface area (Å²) in [7, 11) is 0. The van der Waals surface area contributed by atoms with Gasteiger partial charge in [0.25, 0.3) is 0 Å². The summed E-state index contributed by atoms with van der Waals surface area (Å²) in [6.07, 6.45) is 2.73. The number of carbonyl (C=O) groups excluding carboxylic acids is 2. The minimum absolute atomic E-state index is 0.0749. The smallest absolute Gasteiger partial charge is 0.238 e. The number of anilines is 2. The summed E-state index contributed by atoms with van der Waals surface area (Å²) < 4.78 is 10.6. The van der Waals surface area contributed by atoms with Crippen molar-refractivity contribution in [2.75, 3.05) is 30.5 Å². The molecule has 1 saturated carbocycles. The molecule has 28 heavy (non-hydrogen) atoms. The standard InChI is InChI=1S/C19H20N4O4S/c24-17(20-12-3-4-14-15(7-12)27-10-26-14)9-23-6-5-13-16(8-23)28-19(21-13)22-18(25)11-1-2-11/h3-4,7,11H,1-2,5-6,8-10H2,(H,20,24)(H,21,22,25). The first-order valence-corrected chi connectivity index (χ1v) is 10.2. The van der Waals surface area contributed by atoms with Gasteiger partial charge >= 0.3 is 0 Å². The fraction of sp³-hybridized carbons (Fsp3) is 0.421. The van der Waals surface area contributed by atoms with Crippen LogP contribution in [0.15, 0.2) is 18.2 Å². The van der Waals surface area contributed by atoms with Crippen LogP contribution in [0, 0.1) is 5.92 Å². The molecule has 8 nitrogen and oxygen atoms in total. The number of nitrogens with zero attached hydrogens (tertiary/aromatic N) is 2. The minimum Gasteiger partial charge on any atom is -0.454 e. The number of fused-ring (bicyclic) bond motifs is 2. The number of amides is 2. The Morgan fingerprint density at radius 3 is 2.93 bits per heavy atom. The Labute approximate surface area is 165 Å². The molecule has 5 rings (SSSR count). The first-order chi connectivity index (χ1) is 13.6. The molecule has 9 heteroatoms. The van der Waals surface area contributed by atoms with Gasteiger partial charge in [-0.1, -0.05) is 0 Å². The van der Waals surface area contributed by atoms with Gasteiger partial charge < -0.3 is 20.1 Å². The molecule has 1 aromatic heterocycles. The Hall–Kier alpha value is -2.65. The fourth-order valence-electron chi connectivity index (χ4n) is 3.37. The SMILES string of the molecule is O=C(CN1CCc2nc(NC(=O)C3CC3)sc2C1)Nc1ccc2c(c1)OCO2. The van der Waals surface area contributed by atoms with Crippen molar-refractivity contribution in [3.63, 3.8) is 0 Å². The van der Waals surface area contributed by atoms with Crippen LogP contribution < -0.4 is 20.1 Å². The second-order valence-electron chi connectivity index (χ2n) is 7.23. The van der Waals surface area contributed by atoms with Crippen LogP contribution in [0.1, 0.15) is 23.4 Å². The van der Waals surface area contributed by atoms with Crippen LogP contribution in [0.4, 0.5) is 10.8 Å². The molecule has 2 aromatic rings. The van der Waals surface area contributed by atoms with E-state index in [9.17, 15) is 9.59 Å². The number of thiazole rings is 1. The maximum Gasteiger partial charge on any atom is 0.238 e. The molecule has 0 radical (unpaired) electrons. The predicted molar refractivity (Wildman–Crippen MR) is 104 cm³/mol. The largest absolute Gasteiger partial charge is 0.454 e. The summed E-state index contributed by atoms with van der Waals surface area (Å²) in [6.45, 7) is 1.94. The average molecular weight is 400 g/mol. The highest BCUT2D eigenvalue weighted by molar-refractivity contribution is 7.15. The highest BCUT2D eigenvalue weighted by Crippen LogP contribution is 2.35. The van der Waals surface area contributed by atoms with Crippen LogP contribution in [0.2, 0.25) is 0 Å². The number of benzene rings is 1. The van der Waals surface area contributed by atoms with Crippen LogP contribution in [-0.2, 0) is 22.6 Å². The zero-order valence-corrected chi connectivity index (χ0v) is 16.0. The van der Waals surface area contributed by atoms with E-state index in [4.69, 9.17) is 9.47 Å². The summed E-state index contributed by atoms with van der Waals surface area (Å²) in [5.74, 6) is 1.50. The Bertz CT molecular complexity index is 940. The van der Waals surface area contributed by atoms with Crippen LogP contribution >= 0.6 is 11.3 Å². The number of aromatic nitrogens is 1. The third-order valence-electron chi connectivity index (χ3n) is 5.01. The minimum atomic E-state index is -0.0749. The van der Waals surface area contributed by atoms with Crippen molar-refractivity contribution in [3.05, 3.63) is 28.8 Å². The second-order valence-corrected chi connectivity index (χ2v) is 8.31. The van der Waals surface area contributed by atoms with Crippen molar-refractivity contribution >= 4 is 34.0 Å². The molecule has 3 heterocycles. The molecular weight excluding hydrogens is 380 g/mol. The average Bonchev–Trinajstić information content (AvgIpc) is 3.29. The normalized spacial score (nSPS) is 17.9. The van der Waals surface area contributed by atoms with Crippen molar-refractivity contribution in [2.45, 2.75) is 25.8 Å². The van der Waals surface area contributed by atoms with Gasteiger partial charge in [-0.15, -0.1) is 11.3 Å². The van der Waals surface area contributed by atoms with Crippen molar-refractivity contribution in [1.29, 1.82) is 0 Å². The Morgan fingerprint density at radius 2 is 2.07 bits per heavy atom. The van der Waals surface area contributed by atoms with E-state index in [1.807, 2.05) is 0 Å². The van der Waals surface area contributed by atoms with Gasteiger partial charge in [-0.05, 0) is 25.0 Å². The molecule has 0 bridgehead atoms. The van der Waals surface area contributed by atoms with Crippen molar-refractivity contribution < 1.29 is 19.1 Å². The molecular formula is C19H20N4O4S. The first kappa shape index (κ1) is 17.4. The van der Waals surface area contributed by atoms with Gasteiger partial charge in [-0.3, -0.25) is 14.5 Å². The van der Waals surface area contributed by atoms with Gasteiger partial charge in [-0.25, -0.2) is 4.98 Å². The van der Waals surface area contributed by atoms with E-state index in [0.29, 0.717) is 35.4 Å². The number of hydrogen-bond acceptors (Lipinski definition) is 7. The zero-order valence-electron chi connectivity index (χ0n) is 15.2. The van der Waals surface area contributed by atoms with E-state index in [2.05, 4.69) is 20.5 Å². The molecule has 0 spiro atoms. The van der Waals surface area contributed by atoms with Crippen LogP contribution in [0.3, 0.4) is 0 Å². The molecule has 3 aliphatic rings. The third-order valence-corrected chi connectivity index (χ3v) is 6.01. The van der Waals surface area contributed by atoms with Gasteiger partial charge in [0.15, 0.2) is 16.6 Å². The highest BCUT2D eigenvalue weighted by Gasteiger charge is 2.31. The van der Waals surface area contributed by atoms with Gasteiger partial charge in [0.2, 0.25) is 18.6 Å². The molecule has 1 aliphatic carbocycles. The number of nitrogens with one attached hydrogen (secondary N) is 2. The molecule has 1 fully saturated rings. The van der Waals surface area contributed by atoms with Gasteiger partial charge in [0.05, 0.1) is 12.2 Å². The monoisotopic (exact) mass is 400 g/mol. The summed E-state index contributed by atoms with van der Waals surface area (Å²) in [5, 5.41) is 6.50. The lowest BCUT2D eigenvalue weighted by Crippen LogP contribution is -2.36. The lowest BCUT2D eigenvalue weighted by molar-refractivity contribution is -0.118. The molecule has 2 N–H and O–H groups in total. The topological polar surface area (TPSA) is 92.8 Å². The number of ether oxygens (including phenoxy) is 2. The number of carbonyl (C=O) groups is 2. The molecule has 0 unspecified atom stereocenters. The summed E-state index contributed by atoms with van der Waals surface area (Å²) in [5.41, 5.74) is 1.72. The molecule has 0 saturated heterocycles. The van der Waals surface area contributed by atoms with E-state index in [-0.39, 0.29) is 24.5 Å². The maximum absolute atomic E-state index is 12.4. The van der Waals surface area contributed by atoms with E-state index >= 15 is 0 Å². The quantitative estimate of drug-likeness (QED) is 0.800. The number of hydrogen-bond donors (Lipinski definition) is 2. The third kappa shape index (κ3) is 3.67. The van der Waals surface area contributed by atoms with Crippen molar-refractivity contribution in [1.82, 2.24) is 9.88 Å². The molecule has 146 valence electrons. The van der Waals surface area contributed by atoms with E-state index in [1.165, 1.54) is 11.3 Å². The Balaban J connectivity index is 1.17. The molecule has 1 aromatic carbocycles. The van der Waals surface area contributed by atoms with Gasteiger partial charge in [0, 0.05) is 42.1 Å². The predicted octanol–water partition coefficient (Wildman–Crippen LogP) is 2.22. The van der Waals surface area contributed by atoms with Crippen molar-refractivity contribution in [3.8, 4) is 11.5 Å². The van der Waals surface area contributed by atoms with Crippen molar-refractivity contribution in [2.24, 2.45) is 5.92 Å². The van der Waals surface area contributed by atoms with E-state index in [1.54, 1.807) is 18.2 Å². The van der Waals surface area contributed by atoms with Crippen LogP contribution in [-0.4, -0.2) is 41.6 Å². The first-order valence-electron chi connectivity index (χ1n) is 9.35. The Morgan fingerprint density at radius 1 is 1.21 bits per heavy atom. The molecule has 0 atom stereocenters.